The molecule has 2 heterocycles. The molecule has 0 aliphatic carbocycles. The summed E-state index contributed by atoms with van der Waals surface area (Å²) in [6.07, 6.45) is 0. The van der Waals surface area contributed by atoms with Crippen LogP contribution in [0.25, 0.3) is 0 Å². The number of aromatic nitrogens is 1. The maximum atomic E-state index is 10.4. The molecule has 0 bridgehead atoms. The molecule has 2 aromatic heterocycles. The highest BCUT2D eigenvalue weighted by atomic mass is 16.6. The van der Waals surface area contributed by atoms with Crippen molar-refractivity contribution in [3.05, 3.63) is 45.5 Å². The molecule has 0 amide bonds. The Hall–Kier alpha value is -2.15. The van der Waals surface area contributed by atoms with Gasteiger partial charge in [0.1, 0.15) is 10.7 Å². The minimum absolute atomic E-state index is 0.252. The number of nitro groups is 1. The number of nitrogens with one attached hydrogen (secondary N) is 1. The highest BCUT2D eigenvalue weighted by Crippen LogP contribution is 2.15. The topological polar surface area (TPSA) is 94.3 Å². The average Bonchev–Trinajstić information content (AvgIpc) is 2.88. The van der Waals surface area contributed by atoms with Gasteiger partial charge in [0, 0.05) is 6.07 Å². The summed E-state index contributed by atoms with van der Waals surface area (Å²) in [6, 6.07) is 4.71. The van der Waals surface area contributed by atoms with Gasteiger partial charge in [-0.15, -0.1) is 0 Å². The summed E-state index contributed by atoms with van der Waals surface area (Å²) in [6.45, 7) is 2.73. The fourth-order valence-corrected chi connectivity index (χ4v) is 1.37. The molecule has 1 N–H and O–H groups in total. The van der Waals surface area contributed by atoms with Crippen LogP contribution in [0.5, 0.6) is 0 Å². The monoisotopic (exact) mass is 237 g/mol. The maximum absolute atomic E-state index is 10.4. The molecule has 7 nitrogen and oxygen atoms in total. The summed E-state index contributed by atoms with van der Waals surface area (Å²) in [5.74, 6) is 0.966. The zero-order valence-electron chi connectivity index (χ0n) is 9.17. The number of rotatable bonds is 5. The minimum atomic E-state index is -0.566. The molecular weight excluding hydrogens is 226 g/mol. The van der Waals surface area contributed by atoms with Crippen LogP contribution in [0, 0.1) is 17.0 Å². The van der Waals surface area contributed by atoms with Crippen molar-refractivity contribution in [3.63, 3.8) is 0 Å². The molecule has 0 aromatic carbocycles. The molecule has 0 saturated carbocycles. The summed E-state index contributed by atoms with van der Waals surface area (Å²) in [4.78, 5) is 9.81. The second-order valence-electron chi connectivity index (χ2n) is 3.54. The molecule has 0 aliphatic rings. The molecule has 17 heavy (non-hydrogen) atoms. The third-order valence-corrected chi connectivity index (χ3v) is 2.10. The lowest BCUT2D eigenvalue weighted by molar-refractivity contribution is -0.402. The third-order valence-electron chi connectivity index (χ3n) is 2.10. The zero-order valence-corrected chi connectivity index (χ0v) is 9.17. The fourth-order valence-electron chi connectivity index (χ4n) is 1.37. The number of furan rings is 1. The van der Waals surface area contributed by atoms with Crippen LogP contribution >= 0.6 is 0 Å². The van der Waals surface area contributed by atoms with Crippen LogP contribution in [0.3, 0.4) is 0 Å². The first-order chi connectivity index (χ1) is 8.15. The van der Waals surface area contributed by atoms with Crippen molar-refractivity contribution in [1.29, 1.82) is 0 Å². The number of hydrogen-bond donors (Lipinski definition) is 1. The lowest BCUT2D eigenvalue weighted by Crippen LogP contribution is -2.11. The van der Waals surface area contributed by atoms with Crippen LogP contribution in [0.1, 0.15) is 17.2 Å². The van der Waals surface area contributed by atoms with E-state index in [1.807, 2.05) is 13.0 Å². The molecule has 0 aliphatic heterocycles. The van der Waals surface area contributed by atoms with Gasteiger partial charge in [0.25, 0.3) is 0 Å². The van der Waals surface area contributed by atoms with Crippen molar-refractivity contribution in [1.82, 2.24) is 10.5 Å². The van der Waals surface area contributed by atoms with Gasteiger partial charge in [0.2, 0.25) is 0 Å². The Bertz CT molecular complexity index is 517. The molecule has 0 unspecified atom stereocenters. The first-order valence-corrected chi connectivity index (χ1v) is 5.01. The molecule has 0 spiro atoms. The van der Waals surface area contributed by atoms with Gasteiger partial charge >= 0.3 is 5.88 Å². The van der Waals surface area contributed by atoms with Gasteiger partial charge in [-0.2, -0.15) is 0 Å². The van der Waals surface area contributed by atoms with Gasteiger partial charge in [0.05, 0.1) is 24.8 Å². The number of aryl methyl sites for hydroxylation is 1. The van der Waals surface area contributed by atoms with Crippen molar-refractivity contribution in [2.45, 2.75) is 20.0 Å². The van der Waals surface area contributed by atoms with E-state index in [9.17, 15) is 10.1 Å². The lowest BCUT2D eigenvalue weighted by atomic mass is 10.4. The normalized spacial score (nSPS) is 10.6. The van der Waals surface area contributed by atoms with Crippen LogP contribution in [0.2, 0.25) is 0 Å². The molecule has 0 atom stereocenters. The van der Waals surface area contributed by atoms with Crippen LogP contribution in [-0.4, -0.2) is 10.1 Å². The molecule has 2 rings (SSSR count). The van der Waals surface area contributed by atoms with E-state index in [1.54, 1.807) is 6.07 Å². The van der Waals surface area contributed by atoms with Crippen LogP contribution in [-0.2, 0) is 13.1 Å². The summed E-state index contributed by atoms with van der Waals surface area (Å²) in [7, 11) is 0. The SMILES string of the molecule is Cc1cc(CNCc2ccc([N+](=O)[O-])o2)on1. The van der Waals surface area contributed by atoms with Crippen molar-refractivity contribution in [3.8, 4) is 0 Å². The Kier molecular flexibility index (Phi) is 3.20. The minimum Gasteiger partial charge on any atom is -0.404 e. The highest BCUT2D eigenvalue weighted by molar-refractivity contribution is 5.17. The summed E-state index contributed by atoms with van der Waals surface area (Å²) in [5.41, 5.74) is 0.815. The smallest absolute Gasteiger partial charge is 0.404 e. The van der Waals surface area contributed by atoms with Crippen LogP contribution in [0.4, 0.5) is 5.88 Å². The summed E-state index contributed by atoms with van der Waals surface area (Å²) >= 11 is 0. The van der Waals surface area contributed by atoms with Crippen molar-refractivity contribution in [2.75, 3.05) is 0 Å². The Morgan fingerprint density at radius 3 is 2.76 bits per heavy atom. The molecule has 0 radical (unpaired) electrons. The van der Waals surface area contributed by atoms with E-state index in [0.717, 1.165) is 5.69 Å². The zero-order chi connectivity index (χ0) is 12.3. The van der Waals surface area contributed by atoms with E-state index >= 15 is 0 Å². The van der Waals surface area contributed by atoms with Gasteiger partial charge in [0.15, 0.2) is 5.76 Å². The lowest BCUT2D eigenvalue weighted by Gasteiger charge is -1.97. The van der Waals surface area contributed by atoms with Crippen molar-refractivity contribution in [2.24, 2.45) is 0 Å². The van der Waals surface area contributed by atoms with E-state index in [0.29, 0.717) is 24.6 Å². The maximum Gasteiger partial charge on any atom is 0.433 e. The Balaban J connectivity index is 1.83. The number of nitrogens with zero attached hydrogens (tertiary/aromatic N) is 2. The van der Waals surface area contributed by atoms with E-state index in [1.165, 1.54) is 6.07 Å². The highest BCUT2D eigenvalue weighted by Gasteiger charge is 2.11. The predicted molar refractivity (Wildman–Crippen MR) is 57.1 cm³/mol. The van der Waals surface area contributed by atoms with E-state index < -0.39 is 4.92 Å². The molecular formula is C10H11N3O4. The summed E-state index contributed by atoms with van der Waals surface area (Å²) < 4.78 is 9.97. The molecule has 0 fully saturated rings. The Morgan fingerprint density at radius 1 is 1.41 bits per heavy atom. The Morgan fingerprint density at radius 2 is 2.18 bits per heavy atom. The van der Waals surface area contributed by atoms with Gasteiger partial charge in [-0.05, 0) is 13.0 Å². The molecule has 90 valence electrons. The first kappa shape index (κ1) is 11.3. The fraction of sp³-hybridized carbons (Fsp3) is 0.300. The van der Waals surface area contributed by atoms with Crippen LogP contribution < -0.4 is 5.32 Å². The van der Waals surface area contributed by atoms with Gasteiger partial charge in [-0.3, -0.25) is 10.1 Å². The van der Waals surface area contributed by atoms with E-state index in [2.05, 4.69) is 10.5 Å². The largest absolute Gasteiger partial charge is 0.433 e. The van der Waals surface area contributed by atoms with Gasteiger partial charge in [-0.1, -0.05) is 5.16 Å². The quantitative estimate of drug-likeness (QED) is 0.629. The standard InChI is InChI=1S/C10H11N3O4/c1-7-4-9(17-12-7)6-11-5-8-2-3-10(16-8)13(14)15/h2-4,11H,5-6H2,1H3. The van der Waals surface area contributed by atoms with Gasteiger partial charge in [-0.25, -0.2) is 0 Å². The predicted octanol–water partition coefficient (Wildman–Crippen LogP) is 1.77. The van der Waals surface area contributed by atoms with Crippen molar-refractivity contribution >= 4 is 5.88 Å². The Labute approximate surface area is 96.5 Å². The molecule has 2 aromatic rings. The van der Waals surface area contributed by atoms with Crippen LogP contribution in [0.15, 0.2) is 27.1 Å². The summed E-state index contributed by atoms with van der Waals surface area (Å²) in [5, 5.41) is 17.2. The van der Waals surface area contributed by atoms with E-state index in [4.69, 9.17) is 8.94 Å². The van der Waals surface area contributed by atoms with E-state index in [-0.39, 0.29) is 5.88 Å². The molecule has 0 saturated heterocycles. The number of hydrogen-bond acceptors (Lipinski definition) is 6. The first-order valence-electron chi connectivity index (χ1n) is 5.01. The second kappa shape index (κ2) is 4.79. The van der Waals surface area contributed by atoms with Crippen molar-refractivity contribution < 1.29 is 13.9 Å². The second-order valence-corrected chi connectivity index (χ2v) is 3.54. The third kappa shape index (κ3) is 2.91. The average molecular weight is 237 g/mol. The molecule has 7 heteroatoms. The van der Waals surface area contributed by atoms with Gasteiger partial charge < -0.3 is 14.3 Å².